The lowest BCUT2D eigenvalue weighted by Crippen LogP contribution is -2.25. The van der Waals surface area contributed by atoms with Gasteiger partial charge in [0, 0.05) is 18.2 Å². The molecule has 0 amide bonds. The summed E-state index contributed by atoms with van der Waals surface area (Å²) in [4.78, 5) is 0. The Kier molecular flexibility index (Phi) is 6.05. The maximum Gasteiger partial charge on any atom is 0.216 e. The predicted octanol–water partition coefficient (Wildman–Crippen LogP) is 2.33. The van der Waals surface area contributed by atoms with Gasteiger partial charge in [0.15, 0.2) is 11.5 Å². The largest absolute Gasteiger partial charge is 0.496 e. The minimum absolute atomic E-state index is 0.0799. The van der Waals surface area contributed by atoms with E-state index in [-0.39, 0.29) is 12.3 Å². The number of ether oxygens (including phenoxy) is 3. The number of hydrogen-bond acceptors (Lipinski definition) is 5. The van der Waals surface area contributed by atoms with Gasteiger partial charge >= 0.3 is 0 Å². The van der Waals surface area contributed by atoms with Crippen molar-refractivity contribution in [2.75, 3.05) is 21.3 Å². The summed E-state index contributed by atoms with van der Waals surface area (Å²) >= 11 is 0. The second-order valence-electron chi connectivity index (χ2n) is 5.08. The molecule has 0 aliphatic heterocycles. The van der Waals surface area contributed by atoms with Crippen LogP contribution in [0.2, 0.25) is 0 Å². The lowest BCUT2D eigenvalue weighted by Gasteiger charge is -2.14. The first-order valence-electron chi connectivity index (χ1n) is 7.29. The monoisotopic (exact) mass is 351 g/mol. The zero-order valence-electron chi connectivity index (χ0n) is 13.9. The molecule has 6 nitrogen and oxygen atoms in total. The van der Waals surface area contributed by atoms with Crippen molar-refractivity contribution in [1.82, 2.24) is 4.72 Å². The van der Waals surface area contributed by atoms with Crippen LogP contribution in [0.3, 0.4) is 0 Å². The van der Waals surface area contributed by atoms with E-state index in [4.69, 9.17) is 14.2 Å². The highest BCUT2D eigenvalue weighted by atomic mass is 32.2. The van der Waals surface area contributed by atoms with Gasteiger partial charge in [0.2, 0.25) is 10.0 Å². The highest BCUT2D eigenvalue weighted by Crippen LogP contribution is 2.34. The number of benzene rings is 2. The molecule has 2 aromatic rings. The lowest BCUT2D eigenvalue weighted by atomic mass is 10.1. The number of nitrogens with one attached hydrogen (secondary N) is 1. The average molecular weight is 351 g/mol. The smallest absolute Gasteiger partial charge is 0.216 e. The van der Waals surface area contributed by atoms with Gasteiger partial charge in [-0.15, -0.1) is 0 Å². The van der Waals surface area contributed by atoms with Crippen molar-refractivity contribution >= 4 is 10.0 Å². The topological polar surface area (TPSA) is 73.9 Å². The van der Waals surface area contributed by atoms with Gasteiger partial charge in [0.1, 0.15) is 5.75 Å². The first-order valence-corrected chi connectivity index (χ1v) is 8.94. The van der Waals surface area contributed by atoms with Crippen molar-refractivity contribution in [1.29, 1.82) is 0 Å². The Morgan fingerprint density at radius 1 is 0.875 bits per heavy atom. The molecule has 0 aliphatic carbocycles. The molecule has 0 atom stereocenters. The van der Waals surface area contributed by atoms with E-state index in [2.05, 4.69) is 4.72 Å². The van der Waals surface area contributed by atoms with Gasteiger partial charge < -0.3 is 14.2 Å². The highest BCUT2D eigenvalue weighted by molar-refractivity contribution is 7.88. The van der Waals surface area contributed by atoms with Crippen molar-refractivity contribution in [2.24, 2.45) is 0 Å². The molecule has 0 aliphatic rings. The van der Waals surface area contributed by atoms with Gasteiger partial charge in [0.05, 0.1) is 27.1 Å². The molecule has 0 spiro atoms. The molecule has 24 heavy (non-hydrogen) atoms. The molecule has 0 radical (unpaired) electrons. The Balaban J connectivity index is 2.15. The van der Waals surface area contributed by atoms with Crippen LogP contribution in [0.5, 0.6) is 17.2 Å². The number of hydrogen-bond donors (Lipinski definition) is 1. The van der Waals surface area contributed by atoms with E-state index in [1.807, 2.05) is 18.2 Å². The zero-order valence-corrected chi connectivity index (χ0v) is 14.7. The quantitative estimate of drug-likeness (QED) is 0.790. The standard InChI is InChI=1S/C17H21NO5S/c1-21-15-10-17(23-3)16(22-2)9-14(15)11-18-24(19,20)12-13-7-5-4-6-8-13/h4-10,18H,11-12H2,1-3H3. The van der Waals surface area contributed by atoms with Gasteiger partial charge in [-0.2, -0.15) is 0 Å². The molecule has 130 valence electrons. The predicted molar refractivity (Wildman–Crippen MR) is 92.0 cm³/mol. The summed E-state index contributed by atoms with van der Waals surface area (Å²) in [7, 11) is 1.10. The van der Waals surface area contributed by atoms with E-state index in [1.54, 1.807) is 24.3 Å². The number of sulfonamides is 1. The summed E-state index contributed by atoms with van der Waals surface area (Å²) in [6, 6.07) is 12.4. The Hall–Kier alpha value is -2.25. The summed E-state index contributed by atoms with van der Waals surface area (Å²) in [5.41, 5.74) is 1.39. The summed E-state index contributed by atoms with van der Waals surface area (Å²) in [6.45, 7) is 0.0959. The summed E-state index contributed by atoms with van der Waals surface area (Å²) in [5, 5.41) is 0. The van der Waals surface area contributed by atoms with Crippen molar-refractivity contribution < 1.29 is 22.6 Å². The molecular weight excluding hydrogens is 330 g/mol. The van der Waals surface area contributed by atoms with E-state index >= 15 is 0 Å². The molecule has 0 unspecified atom stereocenters. The number of rotatable bonds is 8. The Morgan fingerprint density at radius 2 is 1.46 bits per heavy atom. The maximum atomic E-state index is 12.2. The summed E-state index contributed by atoms with van der Waals surface area (Å²) < 4.78 is 42.8. The minimum atomic E-state index is -3.47. The van der Waals surface area contributed by atoms with Crippen molar-refractivity contribution in [3.05, 3.63) is 53.6 Å². The van der Waals surface area contributed by atoms with Gasteiger partial charge in [-0.25, -0.2) is 13.1 Å². The fourth-order valence-electron chi connectivity index (χ4n) is 2.26. The Bertz CT molecular complexity index is 775. The average Bonchev–Trinajstić information content (AvgIpc) is 2.59. The van der Waals surface area contributed by atoms with Gasteiger partial charge in [-0.1, -0.05) is 30.3 Å². The molecule has 1 N–H and O–H groups in total. The normalized spacial score (nSPS) is 11.1. The molecule has 7 heteroatoms. The second-order valence-corrected chi connectivity index (χ2v) is 6.89. The van der Waals surface area contributed by atoms with E-state index in [9.17, 15) is 8.42 Å². The minimum Gasteiger partial charge on any atom is -0.496 e. The number of methoxy groups -OCH3 is 3. The summed E-state index contributed by atoms with van der Waals surface area (Å²) in [5.74, 6) is 1.47. The molecule has 0 heterocycles. The van der Waals surface area contributed by atoms with Gasteiger partial charge in [0.25, 0.3) is 0 Å². The SMILES string of the molecule is COc1cc(OC)c(OC)cc1CNS(=O)(=O)Cc1ccccc1. The van der Waals surface area contributed by atoms with Crippen LogP contribution >= 0.6 is 0 Å². The molecule has 0 fully saturated rings. The third-order valence-electron chi connectivity index (χ3n) is 3.47. The fraction of sp³-hybridized carbons (Fsp3) is 0.294. The van der Waals surface area contributed by atoms with E-state index in [0.29, 0.717) is 22.8 Å². The Morgan fingerprint density at radius 3 is 2.04 bits per heavy atom. The van der Waals surface area contributed by atoms with Crippen molar-refractivity contribution in [2.45, 2.75) is 12.3 Å². The van der Waals surface area contributed by atoms with E-state index in [0.717, 1.165) is 5.56 Å². The molecule has 2 aromatic carbocycles. The molecule has 0 saturated heterocycles. The van der Waals surface area contributed by atoms with Crippen LogP contribution in [-0.2, 0) is 22.3 Å². The zero-order chi connectivity index (χ0) is 17.6. The third kappa shape index (κ3) is 4.62. The van der Waals surface area contributed by atoms with Crippen LogP contribution in [-0.4, -0.2) is 29.7 Å². The summed E-state index contributed by atoms with van der Waals surface area (Å²) in [6.07, 6.45) is 0. The van der Waals surface area contributed by atoms with Gasteiger partial charge in [-0.05, 0) is 11.6 Å². The second kappa shape index (κ2) is 8.03. The molecular formula is C17H21NO5S. The first kappa shape index (κ1) is 18.1. The van der Waals surface area contributed by atoms with Crippen LogP contribution in [0.25, 0.3) is 0 Å². The molecule has 0 aromatic heterocycles. The molecule has 0 saturated carbocycles. The molecule has 2 rings (SSSR count). The lowest BCUT2D eigenvalue weighted by molar-refractivity contribution is 0.347. The fourth-order valence-corrected chi connectivity index (χ4v) is 3.37. The van der Waals surface area contributed by atoms with Gasteiger partial charge in [-0.3, -0.25) is 0 Å². The molecule has 0 bridgehead atoms. The van der Waals surface area contributed by atoms with E-state index < -0.39 is 10.0 Å². The van der Waals surface area contributed by atoms with Crippen molar-refractivity contribution in [3.8, 4) is 17.2 Å². The van der Waals surface area contributed by atoms with Crippen LogP contribution < -0.4 is 18.9 Å². The van der Waals surface area contributed by atoms with E-state index in [1.165, 1.54) is 21.3 Å². The third-order valence-corrected chi connectivity index (χ3v) is 4.77. The maximum absolute atomic E-state index is 12.2. The van der Waals surface area contributed by atoms with Crippen molar-refractivity contribution in [3.63, 3.8) is 0 Å². The first-order chi connectivity index (χ1) is 11.5. The van der Waals surface area contributed by atoms with Crippen LogP contribution in [0.1, 0.15) is 11.1 Å². The van der Waals surface area contributed by atoms with Crippen LogP contribution in [0.15, 0.2) is 42.5 Å². The van der Waals surface area contributed by atoms with Crippen LogP contribution in [0.4, 0.5) is 0 Å². The Labute approximate surface area is 142 Å². The highest BCUT2D eigenvalue weighted by Gasteiger charge is 2.15. The van der Waals surface area contributed by atoms with Crippen LogP contribution in [0, 0.1) is 0 Å².